The number of unbranched alkanes of at least 4 members (excludes halogenated alkanes) is 3. The minimum atomic E-state index is -1.95. The maximum atomic E-state index is 5.54. The number of rotatable bonds is 12. The molecule has 0 aromatic carbocycles. The number of ether oxygens (including phenoxy) is 1. The van der Waals surface area contributed by atoms with E-state index < -0.39 is 18.4 Å². The molecule has 2 heteroatoms. The Bertz CT molecular complexity index is 244. The van der Waals surface area contributed by atoms with E-state index in [1.54, 1.807) is 13.3 Å². The summed E-state index contributed by atoms with van der Waals surface area (Å²) in [5.41, 5.74) is 0.569. The molecular formula is C18H38OSn. The molecule has 0 unspecified atom stereocenters. The van der Waals surface area contributed by atoms with Crippen LogP contribution < -0.4 is 0 Å². The molecule has 0 aliphatic heterocycles. The number of hydrogen-bond donors (Lipinski definition) is 0. The first-order chi connectivity index (χ1) is 9.58. The van der Waals surface area contributed by atoms with Crippen LogP contribution in [0.1, 0.15) is 72.6 Å². The van der Waals surface area contributed by atoms with Crippen molar-refractivity contribution in [2.24, 2.45) is 5.41 Å². The van der Waals surface area contributed by atoms with Gasteiger partial charge in [-0.15, -0.1) is 0 Å². The van der Waals surface area contributed by atoms with Crippen molar-refractivity contribution >= 4 is 18.4 Å². The molecule has 0 aromatic heterocycles. The van der Waals surface area contributed by atoms with Crippen LogP contribution in [0.4, 0.5) is 0 Å². The molecule has 0 bridgehead atoms. The van der Waals surface area contributed by atoms with Gasteiger partial charge in [0.1, 0.15) is 0 Å². The van der Waals surface area contributed by atoms with E-state index >= 15 is 0 Å². The molecule has 1 nitrogen and oxygen atoms in total. The second kappa shape index (κ2) is 9.02. The molecule has 0 radical (unpaired) electrons. The summed E-state index contributed by atoms with van der Waals surface area (Å²) in [6.45, 7) is 10.6. The molecule has 0 saturated heterocycles. The fraction of sp³-hybridized carbons (Fsp3) is 1.00. The monoisotopic (exact) mass is 390 g/mol. The van der Waals surface area contributed by atoms with Gasteiger partial charge < -0.3 is 0 Å². The summed E-state index contributed by atoms with van der Waals surface area (Å²) in [6, 6.07) is 0. The van der Waals surface area contributed by atoms with Gasteiger partial charge in [-0.1, -0.05) is 0 Å². The Morgan fingerprint density at radius 2 is 1.40 bits per heavy atom. The van der Waals surface area contributed by atoms with Crippen molar-refractivity contribution in [2.75, 3.05) is 13.7 Å². The molecule has 2 atom stereocenters. The zero-order valence-electron chi connectivity index (χ0n) is 14.8. The average molecular weight is 389 g/mol. The van der Waals surface area contributed by atoms with E-state index in [1.807, 2.05) is 7.11 Å². The normalized spacial score (nSPS) is 25.9. The molecule has 1 fully saturated rings. The third kappa shape index (κ3) is 4.90. The summed E-state index contributed by atoms with van der Waals surface area (Å²) in [6.07, 6.45) is 10.2. The summed E-state index contributed by atoms with van der Waals surface area (Å²) in [4.78, 5) is 0. The van der Waals surface area contributed by atoms with E-state index in [2.05, 4.69) is 27.7 Å². The predicted octanol–water partition coefficient (Wildman–Crippen LogP) is 6.26. The molecule has 0 heterocycles. The van der Waals surface area contributed by atoms with Gasteiger partial charge in [-0.3, -0.25) is 0 Å². The summed E-state index contributed by atoms with van der Waals surface area (Å²) in [5.74, 6) is 0. The van der Waals surface area contributed by atoms with Crippen LogP contribution >= 0.6 is 0 Å². The molecular weight excluding hydrogens is 351 g/mol. The molecule has 0 amide bonds. The molecule has 1 rings (SSSR count). The van der Waals surface area contributed by atoms with E-state index in [0.717, 1.165) is 10.5 Å². The molecule has 120 valence electrons. The predicted molar refractivity (Wildman–Crippen MR) is 93.2 cm³/mol. The van der Waals surface area contributed by atoms with Crippen LogP contribution in [0.3, 0.4) is 0 Å². The van der Waals surface area contributed by atoms with Crippen LogP contribution in [0.15, 0.2) is 0 Å². The van der Waals surface area contributed by atoms with Gasteiger partial charge in [0.25, 0.3) is 0 Å². The minimum absolute atomic E-state index is 0.569. The van der Waals surface area contributed by atoms with Crippen molar-refractivity contribution in [3.05, 3.63) is 0 Å². The molecule has 1 saturated carbocycles. The third-order valence-corrected chi connectivity index (χ3v) is 24.0. The van der Waals surface area contributed by atoms with Crippen molar-refractivity contribution in [3.8, 4) is 0 Å². The second-order valence-electron chi connectivity index (χ2n) is 7.52. The van der Waals surface area contributed by atoms with Gasteiger partial charge in [0.05, 0.1) is 0 Å². The maximum absolute atomic E-state index is 5.54. The Hall–Kier alpha value is 0.759. The Labute approximate surface area is 132 Å². The summed E-state index contributed by atoms with van der Waals surface area (Å²) < 4.78 is 11.7. The van der Waals surface area contributed by atoms with Crippen LogP contribution in [0, 0.1) is 5.41 Å². The van der Waals surface area contributed by atoms with Gasteiger partial charge in [0.15, 0.2) is 0 Å². The molecule has 0 N–H and O–H groups in total. The number of hydrogen-bond acceptors (Lipinski definition) is 1. The van der Waals surface area contributed by atoms with Crippen molar-refractivity contribution in [2.45, 2.75) is 89.9 Å². The van der Waals surface area contributed by atoms with E-state index in [0.29, 0.717) is 5.41 Å². The van der Waals surface area contributed by atoms with E-state index in [4.69, 9.17) is 4.74 Å². The molecule has 0 aromatic rings. The van der Waals surface area contributed by atoms with Gasteiger partial charge in [-0.05, 0) is 0 Å². The first kappa shape index (κ1) is 18.8. The van der Waals surface area contributed by atoms with Crippen molar-refractivity contribution in [1.29, 1.82) is 0 Å². The quantitative estimate of drug-likeness (QED) is 0.358. The van der Waals surface area contributed by atoms with Crippen molar-refractivity contribution in [3.63, 3.8) is 0 Å². The summed E-state index contributed by atoms with van der Waals surface area (Å²) in [7, 11) is 1.89. The molecule has 0 spiro atoms. The van der Waals surface area contributed by atoms with Crippen LogP contribution in [0.25, 0.3) is 0 Å². The van der Waals surface area contributed by atoms with Crippen molar-refractivity contribution < 1.29 is 4.74 Å². The Morgan fingerprint density at radius 3 is 1.75 bits per heavy atom. The van der Waals surface area contributed by atoms with Crippen LogP contribution in [-0.4, -0.2) is 32.1 Å². The van der Waals surface area contributed by atoms with Gasteiger partial charge in [0.2, 0.25) is 0 Å². The van der Waals surface area contributed by atoms with Crippen LogP contribution in [-0.2, 0) is 4.74 Å². The fourth-order valence-electron chi connectivity index (χ4n) is 4.34. The van der Waals surface area contributed by atoms with Gasteiger partial charge in [0, 0.05) is 0 Å². The second-order valence-corrected chi connectivity index (χ2v) is 21.6. The SMILES string of the molecule is CCC[CH2][Sn]([CH2]CCC)([CH2]CCC)[C@H]1C[C@@]1(C)COC. The Kier molecular flexibility index (Phi) is 8.49. The Balaban J connectivity index is 2.79. The van der Waals surface area contributed by atoms with E-state index in [-0.39, 0.29) is 0 Å². The first-order valence-corrected chi connectivity index (χ1v) is 16.8. The number of methoxy groups -OCH3 is 1. The van der Waals surface area contributed by atoms with Crippen LogP contribution in [0.5, 0.6) is 0 Å². The van der Waals surface area contributed by atoms with Gasteiger partial charge >= 0.3 is 132 Å². The zero-order chi connectivity index (χ0) is 15.1. The van der Waals surface area contributed by atoms with Gasteiger partial charge in [-0.2, -0.15) is 0 Å². The molecule has 20 heavy (non-hydrogen) atoms. The molecule has 1 aliphatic rings. The molecule has 1 aliphatic carbocycles. The van der Waals surface area contributed by atoms with Crippen LogP contribution in [0.2, 0.25) is 17.2 Å². The van der Waals surface area contributed by atoms with E-state index in [1.165, 1.54) is 44.9 Å². The standard InChI is InChI=1S/C6H11O.3C4H9.Sn/c1-6(3-4-6)5-7-2;3*1-3-4-2;/h3H,4-5H2,1-2H3;3*1,3-4H2,2H3;/t6-;;;;/m0..../s1. The van der Waals surface area contributed by atoms with Crippen molar-refractivity contribution in [1.82, 2.24) is 0 Å². The fourth-order valence-corrected chi connectivity index (χ4v) is 25.5. The van der Waals surface area contributed by atoms with Gasteiger partial charge in [-0.25, -0.2) is 0 Å². The first-order valence-electron chi connectivity index (χ1n) is 9.07. The summed E-state index contributed by atoms with van der Waals surface area (Å²) >= 11 is -1.95. The zero-order valence-corrected chi connectivity index (χ0v) is 17.6. The topological polar surface area (TPSA) is 9.23 Å². The van der Waals surface area contributed by atoms with E-state index in [9.17, 15) is 0 Å². The average Bonchev–Trinajstić information content (AvgIpc) is 3.11. The summed E-state index contributed by atoms with van der Waals surface area (Å²) in [5, 5.41) is 0. The third-order valence-electron chi connectivity index (χ3n) is 5.65. The Morgan fingerprint density at radius 1 is 0.950 bits per heavy atom.